The maximum atomic E-state index is 5.69. The van der Waals surface area contributed by atoms with Gasteiger partial charge in [0.05, 0.1) is 6.61 Å². The van der Waals surface area contributed by atoms with Gasteiger partial charge in [-0.05, 0) is 58.7 Å². The highest BCUT2D eigenvalue weighted by atomic mass is 16.5. The molecule has 0 amide bonds. The van der Waals surface area contributed by atoms with Gasteiger partial charge < -0.3 is 10.1 Å². The molecule has 2 heterocycles. The minimum absolute atomic E-state index is 0.286. The van der Waals surface area contributed by atoms with Crippen LogP contribution in [0.15, 0.2) is 0 Å². The number of nitrogens with zero attached hydrogens (tertiary/aromatic N) is 1. The van der Waals surface area contributed by atoms with Crippen molar-refractivity contribution in [3.8, 4) is 0 Å². The molecule has 1 N–H and O–H groups in total. The molecule has 2 aliphatic rings. The van der Waals surface area contributed by atoms with Crippen molar-refractivity contribution < 1.29 is 4.74 Å². The van der Waals surface area contributed by atoms with E-state index in [4.69, 9.17) is 4.74 Å². The maximum Gasteiger partial charge on any atom is 0.0510 e. The number of likely N-dealkylation sites (tertiary alicyclic amines) is 1. The van der Waals surface area contributed by atoms with Crippen LogP contribution in [0.25, 0.3) is 0 Å². The van der Waals surface area contributed by atoms with Gasteiger partial charge in [-0.3, -0.25) is 4.90 Å². The summed E-state index contributed by atoms with van der Waals surface area (Å²) in [5, 5.41) is 3.88. The minimum Gasteiger partial charge on any atom is -0.381 e. The summed E-state index contributed by atoms with van der Waals surface area (Å²) in [6.45, 7) is 12.7. The molecule has 3 nitrogen and oxygen atoms in total. The van der Waals surface area contributed by atoms with Gasteiger partial charge in [-0.1, -0.05) is 20.3 Å². The molecule has 2 saturated heterocycles. The van der Waals surface area contributed by atoms with Gasteiger partial charge in [0.1, 0.15) is 0 Å². The van der Waals surface area contributed by atoms with Crippen LogP contribution in [0, 0.1) is 5.92 Å². The molecule has 20 heavy (non-hydrogen) atoms. The molecule has 0 bridgehead atoms. The molecule has 0 spiro atoms. The van der Waals surface area contributed by atoms with E-state index < -0.39 is 0 Å². The van der Waals surface area contributed by atoms with E-state index in [0.29, 0.717) is 12.0 Å². The Labute approximate surface area is 125 Å². The quantitative estimate of drug-likeness (QED) is 0.777. The lowest BCUT2D eigenvalue weighted by Gasteiger charge is -2.50. The lowest BCUT2D eigenvalue weighted by molar-refractivity contribution is 0.0205. The SMILES string of the molecule is CCCNC(C1CCOC1)C(C)(CC)N1CCCCC1. The molecule has 0 aliphatic carbocycles. The Hall–Kier alpha value is -0.120. The predicted octanol–water partition coefficient (Wildman–Crippen LogP) is 3.05. The van der Waals surface area contributed by atoms with Crippen LogP contribution in [0.1, 0.15) is 59.3 Å². The van der Waals surface area contributed by atoms with E-state index in [9.17, 15) is 0 Å². The second kappa shape index (κ2) is 7.77. The lowest BCUT2D eigenvalue weighted by atomic mass is 9.78. The molecule has 0 aromatic heterocycles. The highest BCUT2D eigenvalue weighted by molar-refractivity contribution is 5.01. The molecular weight excluding hydrogens is 248 g/mol. The number of hydrogen-bond acceptors (Lipinski definition) is 3. The number of hydrogen-bond donors (Lipinski definition) is 1. The summed E-state index contributed by atoms with van der Waals surface area (Å²) in [6, 6.07) is 0.577. The standard InChI is InChI=1S/C17H34N2O/c1-4-10-18-16(15-9-13-20-14-15)17(3,5-2)19-11-7-6-8-12-19/h15-16,18H,4-14H2,1-3H3. The Morgan fingerprint density at radius 3 is 2.55 bits per heavy atom. The molecule has 3 unspecified atom stereocenters. The summed E-state index contributed by atoms with van der Waals surface area (Å²) in [5.74, 6) is 0.688. The Morgan fingerprint density at radius 2 is 2.00 bits per heavy atom. The van der Waals surface area contributed by atoms with E-state index in [-0.39, 0.29) is 5.54 Å². The van der Waals surface area contributed by atoms with Crippen molar-refractivity contribution in [3.05, 3.63) is 0 Å². The number of nitrogens with one attached hydrogen (secondary N) is 1. The van der Waals surface area contributed by atoms with Crippen LogP contribution in [0.5, 0.6) is 0 Å². The molecule has 2 rings (SSSR count). The third kappa shape index (κ3) is 3.55. The van der Waals surface area contributed by atoms with Crippen LogP contribution in [0.3, 0.4) is 0 Å². The number of piperidine rings is 1. The molecular formula is C17H34N2O. The first kappa shape index (κ1) is 16.3. The summed E-state index contributed by atoms with van der Waals surface area (Å²) in [5.41, 5.74) is 0.286. The molecule has 0 radical (unpaired) electrons. The van der Waals surface area contributed by atoms with Gasteiger partial charge in [-0.25, -0.2) is 0 Å². The van der Waals surface area contributed by atoms with Crippen LogP contribution in [0.2, 0.25) is 0 Å². The zero-order valence-corrected chi connectivity index (χ0v) is 13.8. The Bertz CT molecular complexity index is 272. The highest BCUT2D eigenvalue weighted by Crippen LogP contribution is 2.33. The van der Waals surface area contributed by atoms with Gasteiger partial charge in [0.2, 0.25) is 0 Å². The third-order valence-corrected chi connectivity index (χ3v) is 5.51. The fourth-order valence-electron chi connectivity index (χ4n) is 4.05. The highest BCUT2D eigenvalue weighted by Gasteiger charge is 2.43. The predicted molar refractivity (Wildman–Crippen MR) is 85.1 cm³/mol. The van der Waals surface area contributed by atoms with Gasteiger partial charge in [-0.15, -0.1) is 0 Å². The first-order chi connectivity index (χ1) is 9.72. The first-order valence-electron chi connectivity index (χ1n) is 8.78. The second-order valence-electron chi connectivity index (χ2n) is 6.81. The van der Waals surface area contributed by atoms with E-state index in [2.05, 4.69) is 31.0 Å². The van der Waals surface area contributed by atoms with E-state index in [1.54, 1.807) is 0 Å². The van der Waals surface area contributed by atoms with Crippen molar-refractivity contribution in [2.45, 2.75) is 70.9 Å². The van der Waals surface area contributed by atoms with Gasteiger partial charge in [0, 0.05) is 24.1 Å². The van der Waals surface area contributed by atoms with Crippen molar-refractivity contribution in [2.24, 2.45) is 5.92 Å². The van der Waals surface area contributed by atoms with Gasteiger partial charge in [0.15, 0.2) is 0 Å². The third-order valence-electron chi connectivity index (χ3n) is 5.51. The zero-order valence-electron chi connectivity index (χ0n) is 13.8. The molecule has 118 valence electrons. The monoisotopic (exact) mass is 282 g/mol. The van der Waals surface area contributed by atoms with Gasteiger partial charge in [0.25, 0.3) is 0 Å². The molecule has 2 aliphatic heterocycles. The van der Waals surface area contributed by atoms with E-state index in [1.165, 1.54) is 51.6 Å². The summed E-state index contributed by atoms with van der Waals surface area (Å²) >= 11 is 0. The number of rotatable bonds is 7. The van der Waals surface area contributed by atoms with Crippen molar-refractivity contribution in [2.75, 3.05) is 32.8 Å². The topological polar surface area (TPSA) is 24.5 Å². The second-order valence-corrected chi connectivity index (χ2v) is 6.81. The first-order valence-corrected chi connectivity index (χ1v) is 8.78. The fraction of sp³-hybridized carbons (Fsp3) is 1.00. The molecule has 0 aromatic carbocycles. The van der Waals surface area contributed by atoms with Crippen LogP contribution in [-0.4, -0.2) is 49.3 Å². The Balaban J connectivity index is 2.12. The van der Waals surface area contributed by atoms with E-state index >= 15 is 0 Å². The Morgan fingerprint density at radius 1 is 1.25 bits per heavy atom. The minimum atomic E-state index is 0.286. The zero-order chi connectivity index (χ0) is 14.4. The van der Waals surface area contributed by atoms with Crippen molar-refractivity contribution >= 4 is 0 Å². The molecule has 3 atom stereocenters. The van der Waals surface area contributed by atoms with Crippen LogP contribution < -0.4 is 5.32 Å². The van der Waals surface area contributed by atoms with Crippen molar-refractivity contribution in [3.63, 3.8) is 0 Å². The smallest absolute Gasteiger partial charge is 0.0510 e. The summed E-state index contributed by atoms with van der Waals surface area (Å²) in [4.78, 5) is 2.77. The van der Waals surface area contributed by atoms with Crippen molar-refractivity contribution in [1.82, 2.24) is 10.2 Å². The van der Waals surface area contributed by atoms with Gasteiger partial charge in [-0.2, -0.15) is 0 Å². The number of ether oxygens (including phenoxy) is 1. The summed E-state index contributed by atoms with van der Waals surface area (Å²) in [7, 11) is 0. The van der Waals surface area contributed by atoms with Crippen molar-refractivity contribution in [1.29, 1.82) is 0 Å². The molecule has 2 fully saturated rings. The van der Waals surface area contributed by atoms with Gasteiger partial charge >= 0.3 is 0 Å². The molecule has 3 heteroatoms. The average molecular weight is 282 g/mol. The summed E-state index contributed by atoms with van der Waals surface area (Å²) in [6.07, 6.45) is 7.82. The Kier molecular flexibility index (Phi) is 6.31. The fourth-order valence-corrected chi connectivity index (χ4v) is 4.05. The molecule has 0 aromatic rings. The van der Waals surface area contributed by atoms with Crippen LogP contribution in [0.4, 0.5) is 0 Å². The largest absolute Gasteiger partial charge is 0.381 e. The van der Waals surface area contributed by atoms with Crippen LogP contribution in [-0.2, 0) is 4.74 Å². The van der Waals surface area contributed by atoms with E-state index in [0.717, 1.165) is 19.8 Å². The van der Waals surface area contributed by atoms with Crippen LogP contribution >= 0.6 is 0 Å². The maximum absolute atomic E-state index is 5.69. The lowest BCUT2D eigenvalue weighted by Crippen LogP contribution is -2.63. The normalized spacial score (nSPS) is 29.2. The van der Waals surface area contributed by atoms with E-state index in [1.807, 2.05) is 0 Å². The molecule has 0 saturated carbocycles. The average Bonchev–Trinajstić information content (AvgIpc) is 3.02. The summed E-state index contributed by atoms with van der Waals surface area (Å²) < 4.78 is 5.69.